The number of hydrogen-bond donors (Lipinski definition) is 2. The Labute approximate surface area is 169 Å². The number of fused-ring (bicyclic) bond motifs is 1. The predicted octanol–water partition coefficient (Wildman–Crippen LogP) is -0.118. The van der Waals surface area contributed by atoms with Crippen molar-refractivity contribution in [3.8, 4) is 5.75 Å². The highest BCUT2D eigenvalue weighted by Crippen LogP contribution is 2.31. The van der Waals surface area contributed by atoms with Gasteiger partial charge in [0.25, 0.3) is 5.91 Å². The number of amides is 2. The molecule has 3 aliphatic heterocycles. The number of nitrogens with one attached hydrogen (secondary N) is 2. The lowest BCUT2D eigenvalue weighted by Gasteiger charge is -2.35. The highest BCUT2D eigenvalue weighted by molar-refractivity contribution is 7.89. The van der Waals surface area contributed by atoms with E-state index >= 15 is 0 Å². The fourth-order valence-electron chi connectivity index (χ4n) is 3.64. The maximum absolute atomic E-state index is 12.9. The van der Waals surface area contributed by atoms with Crippen LogP contribution in [0, 0.1) is 5.92 Å². The molecule has 2 fully saturated rings. The highest BCUT2D eigenvalue weighted by atomic mass is 35.5. The number of sulfonamides is 1. The van der Waals surface area contributed by atoms with Gasteiger partial charge in [0.15, 0.2) is 6.61 Å². The van der Waals surface area contributed by atoms with Crippen LogP contribution < -0.4 is 15.4 Å². The number of carbonyl (C=O) groups excluding carboxylic acids is 2. The molecule has 2 N–H and O–H groups in total. The van der Waals surface area contributed by atoms with Crippen LogP contribution in [0.15, 0.2) is 23.1 Å². The number of halogens is 1. The van der Waals surface area contributed by atoms with Crippen molar-refractivity contribution in [2.75, 3.05) is 51.2 Å². The Morgan fingerprint density at radius 3 is 2.61 bits per heavy atom. The second kappa shape index (κ2) is 8.24. The molecule has 1 aromatic rings. The fraction of sp³-hybridized carbons (Fsp3) is 0.529. The quantitative estimate of drug-likeness (QED) is 0.692. The first-order valence-electron chi connectivity index (χ1n) is 9.01. The molecule has 3 heterocycles. The van der Waals surface area contributed by atoms with Crippen molar-refractivity contribution >= 4 is 39.9 Å². The minimum atomic E-state index is -3.70. The molecule has 3 aliphatic rings. The van der Waals surface area contributed by atoms with Crippen LogP contribution in [0.5, 0.6) is 5.75 Å². The summed E-state index contributed by atoms with van der Waals surface area (Å²) in [5.74, 6) is 0.239. The number of carbonyl (C=O) groups is 2. The molecule has 0 radical (unpaired) electrons. The molecule has 4 rings (SSSR count). The van der Waals surface area contributed by atoms with Gasteiger partial charge in [0, 0.05) is 32.7 Å². The summed E-state index contributed by atoms with van der Waals surface area (Å²) in [5, 5.41) is 5.80. The van der Waals surface area contributed by atoms with Gasteiger partial charge < -0.3 is 20.3 Å². The van der Waals surface area contributed by atoms with Crippen LogP contribution in [0.2, 0.25) is 0 Å². The summed E-state index contributed by atoms with van der Waals surface area (Å²) in [5.41, 5.74) is 0.356. The minimum absolute atomic E-state index is 0. The summed E-state index contributed by atoms with van der Waals surface area (Å²) in [6.07, 6.45) is 0.834. The lowest BCUT2D eigenvalue weighted by atomic mass is 10.1. The van der Waals surface area contributed by atoms with E-state index in [1.165, 1.54) is 16.4 Å². The van der Waals surface area contributed by atoms with Crippen LogP contribution in [0.25, 0.3) is 0 Å². The van der Waals surface area contributed by atoms with E-state index < -0.39 is 10.0 Å². The fourth-order valence-corrected chi connectivity index (χ4v) is 5.09. The first kappa shape index (κ1) is 20.8. The molecule has 2 saturated heterocycles. The van der Waals surface area contributed by atoms with Gasteiger partial charge in [0.2, 0.25) is 15.9 Å². The van der Waals surface area contributed by atoms with Crippen molar-refractivity contribution in [3.63, 3.8) is 0 Å². The van der Waals surface area contributed by atoms with E-state index in [2.05, 4.69) is 10.6 Å². The molecule has 11 heteroatoms. The molecule has 154 valence electrons. The number of piperazine rings is 1. The maximum atomic E-state index is 12.9. The number of nitrogens with zero attached hydrogens (tertiary/aromatic N) is 2. The third kappa shape index (κ3) is 3.95. The summed E-state index contributed by atoms with van der Waals surface area (Å²) >= 11 is 0. The Balaban J connectivity index is 0.00000225. The van der Waals surface area contributed by atoms with Crippen molar-refractivity contribution < 1.29 is 22.7 Å². The van der Waals surface area contributed by atoms with E-state index in [0.29, 0.717) is 31.1 Å². The van der Waals surface area contributed by atoms with Gasteiger partial charge in [0.1, 0.15) is 5.75 Å². The predicted molar refractivity (Wildman–Crippen MR) is 104 cm³/mol. The number of benzene rings is 1. The Morgan fingerprint density at radius 2 is 1.93 bits per heavy atom. The molecule has 1 atom stereocenters. The highest BCUT2D eigenvalue weighted by Gasteiger charge is 2.34. The van der Waals surface area contributed by atoms with Gasteiger partial charge >= 0.3 is 0 Å². The van der Waals surface area contributed by atoms with Crippen LogP contribution in [0.3, 0.4) is 0 Å². The van der Waals surface area contributed by atoms with Crippen LogP contribution in [-0.2, 0) is 19.6 Å². The zero-order valence-corrected chi connectivity index (χ0v) is 16.9. The smallest absolute Gasteiger partial charge is 0.262 e. The number of anilines is 1. The van der Waals surface area contributed by atoms with Gasteiger partial charge in [-0.2, -0.15) is 4.31 Å². The molecular weight excluding hydrogens is 408 g/mol. The average molecular weight is 431 g/mol. The van der Waals surface area contributed by atoms with E-state index in [-0.39, 0.29) is 54.7 Å². The lowest BCUT2D eigenvalue weighted by molar-refractivity contribution is -0.136. The molecule has 2 amide bonds. The van der Waals surface area contributed by atoms with Gasteiger partial charge in [-0.15, -0.1) is 12.4 Å². The van der Waals surface area contributed by atoms with Gasteiger partial charge in [-0.3, -0.25) is 9.59 Å². The van der Waals surface area contributed by atoms with E-state index in [4.69, 9.17) is 4.74 Å². The van der Waals surface area contributed by atoms with Crippen molar-refractivity contribution in [1.29, 1.82) is 0 Å². The normalized spacial score (nSPS) is 22.6. The Kier molecular flexibility index (Phi) is 6.13. The first-order chi connectivity index (χ1) is 12.9. The topological polar surface area (TPSA) is 108 Å². The van der Waals surface area contributed by atoms with Crippen LogP contribution in [0.4, 0.5) is 5.69 Å². The van der Waals surface area contributed by atoms with Gasteiger partial charge in [-0.1, -0.05) is 0 Å². The molecule has 0 saturated carbocycles. The third-order valence-electron chi connectivity index (χ3n) is 5.18. The van der Waals surface area contributed by atoms with Crippen molar-refractivity contribution in [1.82, 2.24) is 14.5 Å². The molecule has 9 nitrogen and oxygen atoms in total. The number of rotatable bonds is 3. The summed E-state index contributed by atoms with van der Waals surface area (Å²) in [6, 6.07) is 4.45. The standard InChI is InChI=1S/C17H22N4O5S.ClH/c22-16-11-26-15-2-1-13(9-14(15)19-16)27(24,25)21-7-5-20(6-8-21)17(23)12-3-4-18-10-12;/h1-2,9,12,18H,3-8,10-11H2,(H,19,22);1H. The summed E-state index contributed by atoms with van der Waals surface area (Å²) in [4.78, 5) is 25.8. The van der Waals surface area contributed by atoms with Gasteiger partial charge in [-0.05, 0) is 31.2 Å². The summed E-state index contributed by atoms with van der Waals surface area (Å²) in [6.45, 7) is 2.76. The van der Waals surface area contributed by atoms with E-state index in [9.17, 15) is 18.0 Å². The number of hydrogen-bond acceptors (Lipinski definition) is 6. The SMILES string of the molecule is Cl.O=C1COc2ccc(S(=O)(=O)N3CCN(C(=O)C4CCNC4)CC3)cc2N1. The Hall–Kier alpha value is -1.88. The minimum Gasteiger partial charge on any atom is -0.482 e. The van der Waals surface area contributed by atoms with Crippen LogP contribution in [0.1, 0.15) is 6.42 Å². The second-order valence-electron chi connectivity index (χ2n) is 6.91. The molecule has 1 unspecified atom stereocenters. The molecule has 0 aliphatic carbocycles. The molecule has 0 bridgehead atoms. The van der Waals surface area contributed by atoms with E-state index in [1.807, 2.05) is 0 Å². The van der Waals surface area contributed by atoms with Crippen molar-refractivity contribution in [2.24, 2.45) is 5.92 Å². The van der Waals surface area contributed by atoms with Crippen LogP contribution in [-0.4, -0.2) is 75.3 Å². The maximum Gasteiger partial charge on any atom is 0.262 e. The van der Waals surface area contributed by atoms with E-state index in [0.717, 1.165) is 13.0 Å². The van der Waals surface area contributed by atoms with Crippen molar-refractivity contribution in [3.05, 3.63) is 18.2 Å². The first-order valence-corrected chi connectivity index (χ1v) is 10.5. The van der Waals surface area contributed by atoms with Crippen molar-refractivity contribution in [2.45, 2.75) is 11.3 Å². The molecule has 28 heavy (non-hydrogen) atoms. The zero-order chi connectivity index (χ0) is 19.0. The van der Waals surface area contributed by atoms with Gasteiger partial charge in [-0.25, -0.2) is 8.42 Å². The average Bonchev–Trinajstić information content (AvgIpc) is 3.21. The summed E-state index contributed by atoms with van der Waals surface area (Å²) in [7, 11) is -3.70. The van der Waals surface area contributed by atoms with E-state index in [1.54, 1.807) is 11.0 Å². The van der Waals surface area contributed by atoms with Gasteiger partial charge in [0.05, 0.1) is 16.5 Å². The Bertz CT molecular complexity index is 864. The zero-order valence-electron chi connectivity index (χ0n) is 15.2. The monoisotopic (exact) mass is 430 g/mol. The van der Waals surface area contributed by atoms with Crippen LogP contribution >= 0.6 is 12.4 Å². The number of ether oxygens (including phenoxy) is 1. The molecule has 1 aromatic carbocycles. The Morgan fingerprint density at radius 1 is 1.18 bits per heavy atom. The summed E-state index contributed by atoms with van der Waals surface area (Å²) < 4.78 is 32.5. The molecule has 0 spiro atoms. The second-order valence-corrected chi connectivity index (χ2v) is 8.85. The molecular formula is C17H23ClN4O5S. The lowest BCUT2D eigenvalue weighted by Crippen LogP contribution is -2.52. The third-order valence-corrected chi connectivity index (χ3v) is 7.08. The molecule has 0 aromatic heterocycles. The largest absolute Gasteiger partial charge is 0.482 e.